The van der Waals surface area contributed by atoms with Crippen LogP contribution in [-0.4, -0.2) is 0 Å². The zero-order valence-electron chi connectivity index (χ0n) is 16.4. The van der Waals surface area contributed by atoms with Crippen LogP contribution in [0.3, 0.4) is 0 Å². The molecule has 0 aromatic heterocycles. The summed E-state index contributed by atoms with van der Waals surface area (Å²) in [4.78, 5) is 0. The van der Waals surface area contributed by atoms with Crippen LogP contribution in [0, 0.1) is 0 Å². The summed E-state index contributed by atoms with van der Waals surface area (Å²) in [5.74, 6) is 2.41. The number of rotatable bonds is 6. The molecule has 0 unspecified atom stereocenters. The Labute approximate surface area is 152 Å². The van der Waals surface area contributed by atoms with Crippen LogP contribution in [0.4, 0.5) is 11.4 Å². The first-order valence-corrected chi connectivity index (χ1v) is 9.30. The van der Waals surface area contributed by atoms with Gasteiger partial charge in [0.25, 0.3) is 0 Å². The standard InChI is InChI=1S/C22H32N2O/c1-7-15-9-17(11-19(13(3)4)21(15)23)25-18-10-16(8-2)22(24)20(12-18)14(5)6/h9-14H,7-8,23-24H2,1-6H3. The molecule has 0 bridgehead atoms. The zero-order valence-corrected chi connectivity index (χ0v) is 16.4. The molecule has 0 atom stereocenters. The molecule has 0 fully saturated rings. The lowest BCUT2D eigenvalue weighted by molar-refractivity contribution is 0.479. The molecule has 136 valence electrons. The first-order valence-electron chi connectivity index (χ1n) is 9.30. The molecule has 0 aliphatic heterocycles. The van der Waals surface area contributed by atoms with Gasteiger partial charge in [0.2, 0.25) is 0 Å². The van der Waals surface area contributed by atoms with E-state index in [1.165, 1.54) is 0 Å². The van der Waals surface area contributed by atoms with Gasteiger partial charge < -0.3 is 16.2 Å². The average Bonchev–Trinajstić information content (AvgIpc) is 2.56. The maximum absolute atomic E-state index is 6.31. The van der Waals surface area contributed by atoms with Crippen molar-refractivity contribution in [2.24, 2.45) is 0 Å². The molecule has 0 radical (unpaired) electrons. The fourth-order valence-corrected chi connectivity index (χ4v) is 3.21. The van der Waals surface area contributed by atoms with Gasteiger partial charge in [0.15, 0.2) is 0 Å². The molecule has 0 heterocycles. The maximum Gasteiger partial charge on any atom is 0.128 e. The fraction of sp³-hybridized carbons (Fsp3) is 0.455. The predicted molar refractivity (Wildman–Crippen MR) is 109 cm³/mol. The van der Waals surface area contributed by atoms with Gasteiger partial charge in [-0.1, -0.05) is 41.5 Å². The minimum atomic E-state index is 0.359. The van der Waals surface area contributed by atoms with Crippen molar-refractivity contribution in [2.45, 2.75) is 66.2 Å². The largest absolute Gasteiger partial charge is 0.457 e. The van der Waals surface area contributed by atoms with Crippen LogP contribution in [0.2, 0.25) is 0 Å². The Morgan fingerprint density at radius 3 is 1.36 bits per heavy atom. The highest BCUT2D eigenvalue weighted by molar-refractivity contribution is 5.61. The van der Waals surface area contributed by atoms with Crippen molar-refractivity contribution in [3.05, 3.63) is 46.5 Å². The highest BCUT2D eigenvalue weighted by Crippen LogP contribution is 2.36. The van der Waals surface area contributed by atoms with Gasteiger partial charge >= 0.3 is 0 Å². The van der Waals surface area contributed by atoms with E-state index in [1.54, 1.807) is 0 Å². The number of aryl methyl sites for hydroxylation is 2. The van der Waals surface area contributed by atoms with E-state index < -0.39 is 0 Å². The molecule has 0 aliphatic rings. The first-order chi connectivity index (χ1) is 11.8. The molecule has 0 aliphatic carbocycles. The second kappa shape index (κ2) is 7.81. The third kappa shape index (κ3) is 4.09. The van der Waals surface area contributed by atoms with Gasteiger partial charge in [-0.2, -0.15) is 0 Å². The van der Waals surface area contributed by atoms with Crippen LogP contribution in [-0.2, 0) is 12.8 Å². The first kappa shape index (κ1) is 19.2. The SMILES string of the molecule is CCc1cc(Oc2cc(CC)c(N)c(C(C)C)c2)cc(C(C)C)c1N. The Morgan fingerprint density at radius 2 is 1.08 bits per heavy atom. The molecule has 0 saturated heterocycles. The molecule has 2 rings (SSSR count). The van der Waals surface area contributed by atoms with Crippen molar-refractivity contribution in [2.75, 3.05) is 11.5 Å². The van der Waals surface area contributed by atoms with Gasteiger partial charge in [-0.05, 0) is 71.2 Å². The van der Waals surface area contributed by atoms with E-state index in [9.17, 15) is 0 Å². The van der Waals surface area contributed by atoms with E-state index in [0.29, 0.717) is 11.8 Å². The highest BCUT2D eigenvalue weighted by Gasteiger charge is 2.14. The topological polar surface area (TPSA) is 61.3 Å². The minimum absolute atomic E-state index is 0.359. The van der Waals surface area contributed by atoms with Crippen LogP contribution in [0.15, 0.2) is 24.3 Å². The maximum atomic E-state index is 6.31. The van der Waals surface area contributed by atoms with Crippen molar-refractivity contribution >= 4 is 11.4 Å². The zero-order chi connectivity index (χ0) is 18.7. The van der Waals surface area contributed by atoms with E-state index in [4.69, 9.17) is 16.2 Å². The summed E-state index contributed by atoms with van der Waals surface area (Å²) in [5.41, 5.74) is 19.0. The van der Waals surface area contributed by atoms with Gasteiger partial charge in [0, 0.05) is 11.4 Å². The fourth-order valence-electron chi connectivity index (χ4n) is 3.21. The van der Waals surface area contributed by atoms with Crippen molar-refractivity contribution < 1.29 is 4.74 Å². The monoisotopic (exact) mass is 340 g/mol. The lowest BCUT2D eigenvalue weighted by Crippen LogP contribution is -2.04. The van der Waals surface area contributed by atoms with E-state index >= 15 is 0 Å². The number of nitrogen functional groups attached to an aromatic ring is 2. The molecular formula is C22H32N2O. The van der Waals surface area contributed by atoms with E-state index in [0.717, 1.165) is 58.0 Å². The lowest BCUT2D eigenvalue weighted by atomic mass is 9.96. The van der Waals surface area contributed by atoms with Gasteiger partial charge in [-0.15, -0.1) is 0 Å². The Morgan fingerprint density at radius 1 is 0.720 bits per heavy atom. The third-order valence-corrected chi connectivity index (χ3v) is 4.78. The Bertz CT molecular complexity index is 685. The average molecular weight is 341 g/mol. The third-order valence-electron chi connectivity index (χ3n) is 4.78. The normalized spacial score (nSPS) is 11.4. The van der Waals surface area contributed by atoms with Crippen molar-refractivity contribution in [1.29, 1.82) is 0 Å². The Balaban J connectivity index is 2.49. The summed E-state index contributed by atoms with van der Waals surface area (Å²) in [6.07, 6.45) is 1.78. The summed E-state index contributed by atoms with van der Waals surface area (Å²) >= 11 is 0. The van der Waals surface area contributed by atoms with Gasteiger partial charge in [-0.25, -0.2) is 0 Å². The Kier molecular flexibility index (Phi) is 5.99. The van der Waals surface area contributed by atoms with Gasteiger partial charge in [0.05, 0.1) is 0 Å². The summed E-state index contributed by atoms with van der Waals surface area (Å²) < 4.78 is 6.24. The van der Waals surface area contributed by atoms with Gasteiger partial charge in [-0.3, -0.25) is 0 Å². The molecule has 0 saturated carbocycles. The van der Waals surface area contributed by atoms with Crippen molar-refractivity contribution in [3.8, 4) is 11.5 Å². The molecule has 0 amide bonds. The summed E-state index contributed by atoms with van der Waals surface area (Å²) in [6.45, 7) is 12.9. The van der Waals surface area contributed by atoms with Crippen LogP contribution in [0.25, 0.3) is 0 Å². The predicted octanol–water partition coefficient (Wildman–Crippen LogP) is 6.01. The summed E-state index contributed by atoms with van der Waals surface area (Å²) in [7, 11) is 0. The molecule has 2 aromatic carbocycles. The van der Waals surface area contributed by atoms with E-state index in [2.05, 4.69) is 65.8 Å². The van der Waals surface area contributed by atoms with Gasteiger partial charge in [0.1, 0.15) is 11.5 Å². The number of nitrogens with two attached hydrogens (primary N) is 2. The van der Waals surface area contributed by atoms with Crippen LogP contribution in [0.5, 0.6) is 11.5 Å². The molecule has 3 heteroatoms. The molecule has 2 aromatic rings. The number of hydrogen-bond donors (Lipinski definition) is 2. The van der Waals surface area contributed by atoms with Crippen molar-refractivity contribution in [3.63, 3.8) is 0 Å². The second-order valence-corrected chi connectivity index (χ2v) is 7.29. The Hall–Kier alpha value is -2.16. The molecule has 4 N–H and O–H groups in total. The quantitative estimate of drug-likeness (QED) is 0.632. The van der Waals surface area contributed by atoms with Crippen molar-refractivity contribution in [1.82, 2.24) is 0 Å². The van der Waals surface area contributed by atoms with Crippen LogP contribution in [0.1, 0.15) is 75.6 Å². The molecule has 25 heavy (non-hydrogen) atoms. The smallest absolute Gasteiger partial charge is 0.128 e. The van der Waals surface area contributed by atoms with Crippen LogP contribution >= 0.6 is 0 Å². The van der Waals surface area contributed by atoms with E-state index in [1.807, 2.05) is 0 Å². The second-order valence-electron chi connectivity index (χ2n) is 7.29. The molecular weight excluding hydrogens is 308 g/mol. The number of benzene rings is 2. The molecule has 0 spiro atoms. The summed E-state index contributed by atoms with van der Waals surface area (Å²) in [5, 5.41) is 0. The molecule has 3 nitrogen and oxygen atoms in total. The number of ether oxygens (including phenoxy) is 1. The highest BCUT2D eigenvalue weighted by atomic mass is 16.5. The summed E-state index contributed by atoms with van der Waals surface area (Å²) in [6, 6.07) is 8.24. The minimum Gasteiger partial charge on any atom is -0.457 e. The van der Waals surface area contributed by atoms with E-state index in [-0.39, 0.29) is 0 Å². The van der Waals surface area contributed by atoms with Crippen LogP contribution < -0.4 is 16.2 Å². The lowest BCUT2D eigenvalue weighted by Gasteiger charge is -2.19. The number of anilines is 2. The number of hydrogen-bond acceptors (Lipinski definition) is 3.